The topological polar surface area (TPSA) is 106 Å². The van der Waals surface area contributed by atoms with Crippen molar-refractivity contribution < 1.29 is 13.2 Å². The standard InChI is InChI=1S/C16H16N4O3S/c17-10-12-4-3-5-13(8-12)19-24(22,23)14-9-15(18-11-14)16(21)20-6-1-2-7-20/h3-5,8-9,11,18-19H,1-2,6-7H2. The number of anilines is 1. The van der Waals surface area contributed by atoms with Gasteiger partial charge in [-0.05, 0) is 37.1 Å². The van der Waals surface area contributed by atoms with Gasteiger partial charge in [0, 0.05) is 19.3 Å². The highest BCUT2D eigenvalue weighted by Gasteiger charge is 2.23. The Balaban J connectivity index is 1.80. The van der Waals surface area contributed by atoms with Crippen LogP contribution in [-0.2, 0) is 10.0 Å². The molecule has 1 amide bonds. The summed E-state index contributed by atoms with van der Waals surface area (Å²) in [5.74, 6) is -0.194. The number of likely N-dealkylation sites (tertiary alicyclic amines) is 1. The molecule has 2 heterocycles. The van der Waals surface area contributed by atoms with E-state index in [1.807, 2.05) is 6.07 Å². The molecule has 24 heavy (non-hydrogen) atoms. The van der Waals surface area contributed by atoms with Crippen molar-refractivity contribution in [2.75, 3.05) is 17.8 Å². The molecule has 1 aliphatic heterocycles. The van der Waals surface area contributed by atoms with E-state index in [-0.39, 0.29) is 16.5 Å². The SMILES string of the molecule is N#Cc1cccc(NS(=O)(=O)c2c[nH]c(C(=O)N3CCCC3)c2)c1. The number of hydrogen-bond donors (Lipinski definition) is 2. The molecular formula is C16H16N4O3S. The number of nitriles is 1. The summed E-state index contributed by atoms with van der Waals surface area (Å²) in [7, 11) is -3.84. The number of aromatic nitrogens is 1. The molecule has 0 atom stereocenters. The molecule has 1 aromatic heterocycles. The summed E-state index contributed by atoms with van der Waals surface area (Å²) in [5.41, 5.74) is 0.903. The Morgan fingerprint density at radius 3 is 2.71 bits per heavy atom. The highest BCUT2D eigenvalue weighted by molar-refractivity contribution is 7.92. The Labute approximate surface area is 140 Å². The van der Waals surface area contributed by atoms with Gasteiger partial charge in [0.1, 0.15) is 10.6 Å². The third kappa shape index (κ3) is 3.26. The molecule has 0 aliphatic carbocycles. The fourth-order valence-corrected chi connectivity index (χ4v) is 3.65. The van der Waals surface area contributed by atoms with Crippen molar-refractivity contribution in [3.8, 4) is 6.07 Å². The molecule has 2 aromatic rings. The fourth-order valence-electron chi connectivity index (χ4n) is 2.61. The number of hydrogen-bond acceptors (Lipinski definition) is 4. The van der Waals surface area contributed by atoms with Crippen LogP contribution in [0.2, 0.25) is 0 Å². The summed E-state index contributed by atoms with van der Waals surface area (Å²) in [5, 5.41) is 8.87. The monoisotopic (exact) mass is 344 g/mol. The fraction of sp³-hybridized carbons (Fsp3) is 0.250. The minimum atomic E-state index is -3.84. The number of sulfonamides is 1. The van der Waals surface area contributed by atoms with Crippen molar-refractivity contribution >= 4 is 21.6 Å². The van der Waals surface area contributed by atoms with Crippen molar-refractivity contribution in [3.05, 3.63) is 47.8 Å². The van der Waals surface area contributed by atoms with Crippen LogP contribution in [0, 0.1) is 11.3 Å². The predicted molar refractivity (Wildman–Crippen MR) is 87.9 cm³/mol. The third-order valence-corrected chi connectivity index (χ3v) is 5.20. The number of carbonyl (C=O) groups excluding carboxylic acids is 1. The summed E-state index contributed by atoms with van der Waals surface area (Å²) in [6.45, 7) is 1.39. The van der Waals surface area contributed by atoms with E-state index in [0.717, 1.165) is 12.8 Å². The summed E-state index contributed by atoms with van der Waals surface area (Å²) in [6.07, 6.45) is 3.22. The molecule has 0 saturated carbocycles. The van der Waals surface area contributed by atoms with Gasteiger partial charge in [0.25, 0.3) is 15.9 Å². The summed E-state index contributed by atoms with van der Waals surface area (Å²) < 4.78 is 27.2. The van der Waals surface area contributed by atoms with E-state index in [0.29, 0.717) is 24.3 Å². The van der Waals surface area contributed by atoms with Gasteiger partial charge in [0.15, 0.2) is 0 Å². The van der Waals surface area contributed by atoms with E-state index in [1.54, 1.807) is 23.1 Å². The molecule has 1 saturated heterocycles. The zero-order valence-corrected chi connectivity index (χ0v) is 13.6. The van der Waals surface area contributed by atoms with Gasteiger partial charge in [-0.25, -0.2) is 8.42 Å². The number of aromatic amines is 1. The first-order valence-corrected chi connectivity index (χ1v) is 8.98. The smallest absolute Gasteiger partial charge is 0.270 e. The van der Waals surface area contributed by atoms with E-state index in [1.165, 1.54) is 18.3 Å². The maximum atomic E-state index is 12.4. The lowest BCUT2D eigenvalue weighted by molar-refractivity contribution is 0.0787. The van der Waals surface area contributed by atoms with Crippen molar-refractivity contribution in [3.63, 3.8) is 0 Å². The summed E-state index contributed by atoms with van der Waals surface area (Å²) >= 11 is 0. The molecule has 1 aliphatic rings. The van der Waals surface area contributed by atoms with E-state index < -0.39 is 10.0 Å². The van der Waals surface area contributed by atoms with Gasteiger partial charge in [-0.2, -0.15) is 5.26 Å². The second-order valence-electron chi connectivity index (χ2n) is 5.55. The van der Waals surface area contributed by atoms with Crippen LogP contribution in [-0.4, -0.2) is 37.3 Å². The largest absolute Gasteiger partial charge is 0.356 e. The second kappa shape index (κ2) is 6.37. The molecule has 1 fully saturated rings. The minimum Gasteiger partial charge on any atom is -0.356 e. The second-order valence-corrected chi connectivity index (χ2v) is 7.23. The molecule has 0 unspecified atom stereocenters. The quantitative estimate of drug-likeness (QED) is 0.883. The number of nitrogens with one attached hydrogen (secondary N) is 2. The van der Waals surface area contributed by atoms with Crippen molar-refractivity contribution in [1.82, 2.24) is 9.88 Å². The third-order valence-electron chi connectivity index (χ3n) is 3.83. The van der Waals surface area contributed by atoms with Crippen molar-refractivity contribution in [2.24, 2.45) is 0 Å². The van der Waals surface area contributed by atoms with Crippen LogP contribution in [0.4, 0.5) is 5.69 Å². The average molecular weight is 344 g/mol. The van der Waals surface area contributed by atoms with Crippen LogP contribution in [0.1, 0.15) is 28.9 Å². The van der Waals surface area contributed by atoms with E-state index in [4.69, 9.17) is 5.26 Å². The molecule has 0 radical (unpaired) electrons. The summed E-state index contributed by atoms with van der Waals surface area (Å²) in [4.78, 5) is 16.7. The van der Waals surface area contributed by atoms with Crippen LogP contribution in [0.5, 0.6) is 0 Å². The molecule has 7 nitrogen and oxygen atoms in total. The first-order chi connectivity index (χ1) is 11.5. The maximum absolute atomic E-state index is 12.4. The molecule has 2 N–H and O–H groups in total. The number of amides is 1. The minimum absolute atomic E-state index is 0.0209. The van der Waals surface area contributed by atoms with Gasteiger partial charge in [0.05, 0.1) is 17.3 Å². The normalized spacial score (nSPS) is 14.4. The molecule has 124 valence electrons. The molecule has 1 aromatic carbocycles. The van der Waals surface area contributed by atoms with Gasteiger partial charge < -0.3 is 9.88 Å². The van der Waals surface area contributed by atoms with Gasteiger partial charge in [-0.1, -0.05) is 6.07 Å². The maximum Gasteiger partial charge on any atom is 0.270 e. The van der Waals surface area contributed by atoms with Gasteiger partial charge in [-0.15, -0.1) is 0 Å². The lowest BCUT2D eigenvalue weighted by Crippen LogP contribution is -2.27. The first-order valence-electron chi connectivity index (χ1n) is 7.50. The van der Waals surface area contributed by atoms with Gasteiger partial charge in [0.2, 0.25) is 0 Å². The average Bonchev–Trinajstić information content (AvgIpc) is 3.26. The number of H-pyrrole nitrogens is 1. The molecule has 8 heteroatoms. The number of rotatable bonds is 4. The van der Waals surface area contributed by atoms with Crippen LogP contribution >= 0.6 is 0 Å². The Kier molecular flexibility index (Phi) is 4.27. The predicted octanol–water partition coefficient (Wildman–Crippen LogP) is 1.92. The number of nitrogens with zero attached hydrogens (tertiary/aromatic N) is 2. The van der Waals surface area contributed by atoms with Crippen LogP contribution in [0.3, 0.4) is 0 Å². The first kappa shape index (κ1) is 16.1. The Bertz CT molecular complexity index is 905. The molecular weight excluding hydrogens is 328 g/mol. The number of benzene rings is 1. The highest BCUT2D eigenvalue weighted by Crippen LogP contribution is 2.19. The van der Waals surface area contributed by atoms with E-state index >= 15 is 0 Å². The van der Waals surface area contributed by atoms with Crippen LogP contribution in [0.15, 0.2) is 41.4 Å². The van der Waals surface area contributed by atoms with Crippen molar-refractivity contribution in [2.45, 2.75) is 17.7 Å². The number of carbonyl (C=O) groups is 1. The Morgan fingerprint density at radius 1 is 1.25 bits per heavy atom. The van der Waals surface area contributed by atoms with Gasteiger partial charge in [-0.3, -0.25) is 9.52 Å². The Hall–Kier alpha value is -2.79. The van der Waals surface area contributed by atoms with Crippen molar-refractivity contribution in [1.29, 1.82) is 5.26 Å². The van der Waals surface area contributed by atoms with Gasteiger partial charge >= 0.3 is 0 Å². The highest BCUT2D eigenvalue weighted by atomic mass is 32.2. The lowest BCUT2D eigenvalue weighted by atomic mass is 10.2. The van der Waals surface area contributed by atoms with Crippen LogP contribution < -0.4 is 4.72 Å². The zero-order valence-electron chi connectivity index (χ0n) is 12.8. The summed E-state index contributed by atoms with van der Waals surface area (Å²) in [6, 6.07) is 9.46. The lowest BCUT2D eigenvalue weighted by Gasteiger charge is -2.13. The Morgan fingerprint density at radius 2 is 2.00 bits per heavy atom. The van der Waals surface area contributed by atoms with E-state index in [9.17, 15) is 13.2 Å². The van der Waals surface area contributed by atoms with E-state index in [2.05, 4.69) is 9.71 Å². The molecule has 0 spiro atoms. The zero-order chi connectivity index (χ0) is 17.2. The molecule has 3 rings (SSSR count). The van der Waals surface area contributed by atoms with Crippen LogP contribution in [0.25, 0.3) is 0 Å². The molecule has 0 bridgehead atoms.